The van der Waals surface area contributed by atoms with E-state index in [1.807, 2.05) is 36.4 Å². The number of likely N-dealkylation sites (N-methyl/N-ethyl adjacent to an activating group) is 2. The average molecular weight is 764 g/mol. The molecule has 3 unspecified atom stereocenters. The first-order valence-corrected chi connectivity index (χ1v) is 18.2. The van der Waals surface area contributed by atoms with Gasteiger partial charge in [-0.25, -0.2) is 13.6 Å². The number of quaternary nitrogens is 1. The second kappa shape index (κ2) is 16.7. The highest BCUT2D eigenvalue weighted by Crippen LogP contribution is 2.47. The number of halogens is 5. The second-order valence-corrected chi connectivity index (χ2v) is 14.8. The van der Waals surface area contributed by atoms with Crippen molar-refractivity contribution in [2.45, 2.75) is 50.7 Å². The normalized spacial score (nSPS) is 19.0. The number of nitrogens with one attached hydrogen (secondary N) is 1. The molecule has 3 atom stereocenters. The molecule has 2 amide bonds. The molecule has 4 aromatic carbocycles. The van der Waals surface area contributed by atoms with Gasteiger partial charge < -0.3 is 19.4 Å². The lowest BCUT2D eigenvalue weighted by molar-refractivity contribution is -0.926. The first-order chi connectivity index (χ1) is 26.2. The van der Waals surface area contributed by atoms with E-state index in [0.29, 0.717) is 11.3 Å². The number of anilines is 1. The van der Waals surface area contributed by atoms with E-state index in [0.717, 1.165) is 60.5 Å². The molecular formula is C42H44F5N4O4+. The molecule has 2 heterocycles. The van der Waals surface area contributed by atoms with Crippen molar-refractivity contribution in [1.82, 2.24) is 10.2 Å². The fourth-order valence-corrected chi connectivity index (χ4v) is 7.29. The Morgan fingerprint density at radius 2 is 1.40 bits per heavy atom. The fourth-order valence-electron chi connectivity index (χ4n) is 7.29. The van der Waals surface area contributed by atoms with Gasteiger partial charge in [-0.05, 0) is 78.5 Å². The Bertz CT molecular complexity index is 1950. The minimum atomic E-state index is -5.25. The summed E-state index contributed by atoms with van der Waals surface area (Å²) in [6.07, 6.45) is -6.53. The number of rotatable bonds is 13. The van der Waals surface area contributed by atoms with Crippen LogP contribution in [0.15, 0.2) is 97.1 Å². The number of hydrogen-bond acceptors (Lipinski definition) is 5. The topological polar surface area (TPSA) is 79.0 Å². The van der Waals surface area contributed by atoms with E-state index in [9.17, 15) is 36.3 Å². The summed E-state index contributed by atoms with van der Waals surface area (Å²) >= 11 is 0. The van der Waals surface area contributed by atoms with Gasteiger partial charge in [-0.1, -0.05) is 60.7 Å². The van der Waals surface area contributed by atoms with Crippen molar-refractivity contribution >= 4 is 23.5 Å². The van der Waals surface area contributed by atoms with Gasteiger partial charge in [0, 0.05) is 30.9 Å². The van der Waals surface area contributed by atoms with Crippen LogP contribution in [0.2, 0.25) is 0 Å². The molecule has 55 heavy (non-hydrogen) atoms. The molecule has 6 rings (SSSR count). The summed E-state index contributed by atoms with van der Waals surface area (Å²) in [7, 11) is 4.43. The van der Waals surface area contributed by atoms with Gasteiger partial charge in [-0.15, -0.1) is 0 Å². The smallest absolute Gasteiger partial charge is 0.451 e. The minimum absolute atomic E-state index is 0.0310. The Labute approximate surface area is 317 Å². The second-order valence-electron chi connectivity index (χ2n) is 14.8. The Morgan fingerprint density at radius 3 is 2.00 bits per heavy atom. The first-order valence-electron chi connectivity index (χ1n) is 18.2. The SMILES string of the molecule is CN1CC[N+](C)(Cc2ccc(CC(=O)NCc3ccc(C4C(CCC(OC(=O)C(F)(F)F)c5ccc(F)cc5)C(=O)N4c4ccc(F)cc4)cc3)cc2)CC1. The standard InChI is InChI=1S/C42H43F5N4O4/c1-49-21-23-51(2,24-22-49)27-30-5-3-28(4-6-30)25-38(52)48-26-29-7-9-32(10-8-29)39-36(40(53)50(39)35-17-15-34(44)16-18-35)19-20-37(55-41(54)42(45,46)47)31-11-13-33(43)14-12-31/h3-18,36-37,39H,19-27H2,1-2H3/p+1. The molecule has 8 nitrogen and oxygen atoms in total. The van der Waals surface area contributed by atoms with Crippen molar-refractivity contribution in [3.05, 3.63) is 137 Å². The lowest BCUT2D eigenvalue weighted by Gasteiger charge is -2.48. The molecular weight excluding hydrogens is 719 g/mol. The summed E-state index contributed by atoms with van der Waals surface area (Å²) in [6, 6.07) is 24.8. The summed E-state index contributed by atoms with van der Waals surface area (Å²) in [4.78, 5) is 42.1. The van der Waals surface area contributed by atoms with Gasteiger partial charge in [-0.3, -0.25) is 14.5 Å². The van der Waals surface area contributed by atoms with E-state index < -0.39 is 41.8 Å². The summed E-state index contributed by atoms with van der Waals surface area (Å²) < 4.78 is 72.7. The van der Waals surface area contributed by atoms with Crippen molar-refractivity contribution < 1.29 is 45.6 Å². The van der Waals surface area contributed by atoms with E-state index in [-0.39, 0.29) is 43.2 Å². The Kier molecular flexibility index (Phi) is 12.0. The Morgan fingerprint density at radius 1 is 0.836 bits per heavy atom. The van der Waals surface area contributed by atoms with Gasteiger partial charge in [0.1, 0.15) is 24.3 Å². The Hall–Kier alpha value is -5.14. The summed E-state index contributed by atoms with van der Waals surface area (Å²) in [6.45, 7) is 5.55. The molecule has 0 radical (unpaired) electrons. The summed E-state index contributed by atoms with van der Waals surface area (Å²) in [5, 5.41) is 2.96. The molecule has 290 valence electrons. The summed E-state index contributed by atoms with van der Waals surface area (Å²) in [5.41, 5.74) is 4.25. The predicted octanol–water partition coefficient (Wildman–Crippen LogP) is 7.05. The molecule has 2 aliphatic heterocycles. The molecule has 2 saturated heterocycles. The maximum absolute atomic E-state index is 13.8. The first kappa shape index (κ1) is 39.6. The maximum Gasteiger partial charge on any atom is 0.490 e. The highest BCUT2D eigenvalue weighted by Gasteiger charge is 2.49. The van der Waals surface area contributed by atoms with Crippen LogP contribution < -0.4 is 10.2 Å². The highest BCUT2D eigenvalue weighted by molar-refractivity contribution is 6.03. The van der Waals surface area contributed by atoms with E-state index >= 15 is 0 Å². The van der Waals surface area contributed by atoms with Crippen molar-refractivity contribution in [2.24, 2.45) is 5.92 Å². The van der Waals surface area contributed by atoms with Crippen LogP contribution >= 0.6 is 0 Å². The number of alkyl halides is 3. The number of amides is 2. The monoisotopic (exact) mass is 763 g/mol. The molecule has 13 heteroatoms. The van der Waals surface area contributed by atoms with Gasteiger partial charge in [0.05, 0.1) is 38.5 Å². The van der Waals surface area contributed by atoms with Gasteiger partial charge in [0.25, 0.3) is 0 Å². The van der Waals surface area contributed by atoms with Crippen LogP contribution in [0.5, 0.6) is 0 Å². The van der Waals surface area contributed by atoms with E-state index in [1.165, 1.54) is 46.9 Å². The summed E-state index contributed by atoms with van der Waals surface area (Å²) in [5.74, 6) is -4.69. The van der Waals surface area contributed by atoms with Gasteiger partial charge in [0.2, 0.25) is 11.8 Å². The number of carbonyl (C=O) groups is 3. The van der Waals surface area contributed by atoms with Crippen molar-refractivity contribution in [3.8, 4) is 0 Å². The van der Waals surface area contributed by atoms with E-state index in [4.69, 9.17) is 4.74 Å². The third-order valence-corrected chi connectivity index (χ3v) is 10.6. The zero-order valence-corrected chi connectivity index (χ0v) is 30.7. The van der Waals surface area contributed by atoms with Gasteiger partial charge >= 0.3 is 12.1 Å². The van der Waals surface area contributed by atoms with Crippen LogP contribution in [0, 0.1) is 17.6 Å². The van der Waals surface area contributed by atoms with E-state index in [2.05, 4.69) is 36.4 Å². The number of esters is 1. The zero-order valence-electron chi connectivity index (χ0n) is 30.7. The number of piperazine rings is 1. The molecule has 0 saturated carbocycles. The molecule has 0 aliphatic carbocycles. The van der Waals surface area contributed by atoms with Crippen molar-refractivity contribution in [2.75, 3.05) is 45.2 Å². The molecule has 4 aromatic rings. The third-order valence-electron chi connectivity index (χ3n) is 10.6. The molecule has 2 aliphatic rings. The molecule has 2 fully saturated rings. The quantitative estimate of drug-likeness (QED) is 0.0685. The maximum atomic E-state index is 13.8. The van der Waals surface area contributed by atoms with Crippen LogP contribution in [-0.4, -0.2) is 73.6 Å². The highest BCUT2D eigenvalue weighted by atomic mass is 19.4. The Balaban J connectivity index is 1.10. The van der Waals surface area contributed by atoms with Crippen LogP contribution in [0.4, 0.5) is 27.6 Å². The van der Waals surface area contributed by atoms with Crippen LogP contribution in [0.25, 0.3) is 0 Å². The molecule has 0 bridgehead atoms. The van der Waals surface area contributed by atoms with Crippen LogP contribution in [0.1, 0.15) is 52.8 Å². The molecule has 1 N–H and O–H groups in total. The number of hydrogen-bond donors (Lipinski definition) is 1. The van der Waals surface area contributed by atoms with Crippen LogP contribution in [-0.2, 0) is 38.6 Å². The van der Waals surface area contributed by atoms with E-state index in [1.54, 1.807) is 0 Å². The number of benzene rings is 4. The fraction of sp³-hybridized carbons (Fsp3) is 0.357. The average Bonchev–Trinajstić information content (AvgIpc) is 3.15. The lowest BCUT2D eigenvalue weighted by atomic mass is 9.78. The third kappa shape index (κ3) is 9.95. The number of ether oxygens (including phenoxy) is 1. The zero-order chi connectivity index (χ0) is 39.3. The van der Waals surface area contributed by atoms with Crippen molar-refractivity contribution in [1.29, 1.82) is 0 Å². The van der Waals surface area contributed by atoms with Crippen molar-refractivity contribution in [3.63, 3.8) is 0 Å². The number of β-lactam (4-membered cyclic amide) rings is 1. The number of nitrogens with zero attached hydrogens (tertiary/aromatic N) is 3. The van der Waals surface area contributed by atoms with Crippen LogP contribution in [0.3, 0.4) is 0 Å². The number of carbonyl (C=O) groups excluding carboxylic acids is 3. The largest absolute Gasteiger partial charge is 0.490 e. The predicted molar refractivity (Wildman–Crippen MR) is 196 cm³/mol. The lowest BCUT2D eigenvalue weighted by Crippen LogP contribution is -2.55. The molecule has 0 spiro atoms. The van der Waals surface area contributed by atoms with Gasteiger partial charge in [0.15, 0.2) is 0 Å². The molecule has 0 aromatic heterocycles. The van der Waals surface area contributed by atoms with Gasteiger partial charge in [-0.2, -0.15) is 13.2 Å². The minimum Gasteiger partial charge on any atom is -0.451 e.